The van der Waals surface area contributed by atoms with Gasteiger partial charge in [0.2, 0.25) is 0 Å². The molecule has 4 heteroatoms. The van der Waals surface area contributed by atoms with Crippen molar-refractivity contribution in [1.82, 2.24) is 5.32 Å². The van der Waals surface area contributed by atoms with E-state index >= 15 is 0 Å². The molecule has 1 heterocycles. The standard InChI is InChI=1S/C17H25N3O/c1-13-5-3-4-6-16(13)20-11-9-19(10-12-20)14(2)17(21)18-15-7-8-15/h3-6,14-15H,7-12H2,1-2H3,(H,18,21)/p+1/t14-/m1/s1. The Morgan fingerprint density at radius 3 is 2.57 bits per heavy atom. The lowest BCUT2D eigenvalue weighted by Crippen LogP contribution is -3.19. The third kappa shape index (κ3) is 3.38. The first-order valence-electron chi connectivity index (χ1n) is 8.10. The molecule has 1 aliphatic heterocycles. The van der Waals surface area contributed by atoms with Gasteiger partial charge in [-0.2, -0.15) is 0 Å². The third-order valence-corrected chi connectivity index (χ3v) is 4.79. The normalized spacial score (nSPS) is 21.1. The number of nitrogens with one attached hydrogen (secondary N) is 2. The maximum Gasteiger partial charge on any atom is 0.278 e. The zero-order valence-corrected chi connectivity index (χ0v) is 13.1. The highest BCUT2D eigenvalue weighted by molar-refractivity contribution is 5.80. The molecule has 1 saturated heterocycles. The number of nitrogens with zero attached hydrogens (tertiary/aromatic N) is 1. The van der Waals surface area contributed by atoms with E-state index in [9.17, 15) is 4.79 Å². The van der Waals surface area contributed by atoms with Crippen LogP contribution in [0.4, 0.5) is 5.69 Å². The summed E-state index contributed by atoms with van der Waals surface area (Å²) in [6, 6.07) is 9.10. The van der Waals surface area contributed by atoms with Crippen molar-refractivity contribution >= 4 is 11.6 Å². The number of carbonyl (C=O) groups excluding carboxylic acids is 1. The molecule has 114 valence electrons. The molecule has 0 radical (unpaired) electrons. The topological polar surface area (TPSA) is 36.8 Å². The van der Waals surface area contributed by atoms with Gasteiger partial charge >= 0.3 is 0 Å². The number of piperazine rings is 1. The molecule has 2 aliphatic rings. The Morgan fingerprint density at radius 1 is 1.29 bits per heavy atom. The lowest BCUT2D eigenvalue weighted by molar-refractivity contribution is -0.914. The summed E-state index contributed by atoms with van der Waals surface area (Å²) in [5.41, 5.74) is 2.67. The molecule has 3 rings (SSSR count). The van der Waals surface area contributed by atoms with E-state index in [2.05, 4.69) is 48.3 Å². The van der Waals surface area contributed by atoms with Gasteiger partial charge in [0.1, 0.15) is 0 Å². The quantitative estimate of drug-likeness (QED) is 0.840. The Hall–Kier alpha value is -1.55. The number of hydrogen-bond acceptors (Lipinski definition) is 2. The second-order valence-electron chi connectivity index (χ2n) is 6.44. The Bertz CT molecular complexity index is 505. The van der Waals surface area contributed by atoms with Gasteiger partial charge in [0.25, 0.3) is 5.91 Å². The molecule has 2 N–H and O–H groups in total. The molecule has 1 atom stereocenters. The van der Waals surface area contributed by atoms with Gasteiger partial charge in [-0.15, -0.1) is 0 Å². The molecule has 4 nitrogen and oxygen atoms in total. The van der Waals surface area contributed by atoms with E-state index in [0.29, 0.717) is 6.04 Å². The highest BCUT2D eigenvalue weighted by Crippen LogP contribution is 2.19. The fourth-order valence-electron chi connectivity index (χ4n) is 3.13. The van der Waals surface area contributed by atoms with Crippen molar-refractivity contribution in [3.05, 3.63) is 29.8 Å². The monoisotopic (exact) mass is 288 g/mol. The van der Waals surface area contributed by atoms with E-state index in [1.54, 1.807) is 0 Å². The van der Waals surface area contributed by atoms with Crippen LogP contribution in [0.25, 0.3) is 0 Å². The number of quaternary nitrogens is 1. The first-order chi connectivity index (χ1) is 10.1. The molecule has 2 fully saturated rings. The van der Waals surface area contributed by atoms with E-state index in [1.165, 1.54) is 16.2 Å². The summed E-state index contributed by atoms with van der Waals surface area (Å²) >= 11 is 0. The van der Waals surface area contributed by atoms with Crippen molar-refractivity contribution in [2.45, 2.75) is 38.8 Å². The summed E-state index contributed by atoms with van der Waals surface area (Å²) in [4.78, 5) is 16.0. The number of anilines is 1. The minimum Gasteiger partial charge on any atom is -0.360 e. The second-order valence-corrected chi connectivity index (χ2v) is 6.44. The highest BCUT2D eigenvalue weighted by atomic mass is 16.2. The summed E-state index contributed by atoms with van der Waals surface area (Å²) < 4.78 is 0. The molecule has 1 aromatic rings. The van der Waals surface area contributed by atoms with Crippen LogP contribution in [0, 0.1) is 6.92 Å². The minimum absolute atomic E-state index is 0.0737. The van der Waals surface area contributed by atoms with Crippen LogP contribution in [0.1, 0.15) is 25.3 Å². The van der Waals surface area contributed by atoms with Gasteiger partial charge in [0.15, 0.2) is 6.04 Å². The molecule has 21 heavy (non-hydrogen) atoms. The van der Waals surface area contributed by atoms with Gasteiger partial charge in [0, 0.05) is 11.7 Å². The fourth-order valence-corrected chi connectivity index (χ4v) is 3.13. The SMILES string of the molecule is Cc1ccccc1N1CC[NH+]([C@H](C)C(=O)NC2CC2)CC1. The molecular formula is C17H26N3O+. The maximum absolute atomic E-state index is 12.2. The molecule has 1 amide bonds. The fraction of sp³-hybridized carbons (Fsp3) is 0.588. The number of amides is 1. The predicted octanol–water partition coefficient (Wildman–Crippen LogP) is 0.367. The number of benzene rings is 1. The van der Waals surface area contributed by atoms with Crippen molar-refractivity contribution < 1.29 is 9.69 Å². The van der Waals surface area contributed by atoms with E-state index in [1.807, 2.05) is 0 Å². The van der Waals surface area contributed by atoms with Gasteiger partial charge in [-0.3, -0.25) is 4.79 Å². The number of rotatable bonds is 4. The average molecular weight is 288 g/mol. The van der Waals surface area contributed by atoms with Crippen LogP contribution in [0.3, 0.4) is 0 Å². The first-order valence-corrected chi connectivity index (χ1v) is 8.10. The average Bonchev–Trinajstić information content (AvgIpc) is 3.31. The largest absolute Gasteiger partial charge is 0.360 e. The summed E-state index contributed by atoms with van der Waals surface area (Å²) in [7, 11) is 0. The van der Waals surface area contributed by atoms with E-state index in [4.69, 9.17) is 0 Å². The lowest BCUT2D eigenvalue weighted by Gasteiger charge is -2.36. The van der Waals surface area contributed by atoms with Crippen LogP contribution >= 0.6 is 0 Å². The van der Waals surface area contributed by atoms with E-state index in [0.717, 1.165) is 39.0 Å². The smallest absolute Gasteiger partial charge is 0.278 e. The number of aryl methyl sites for hydroxylation is 1. The first kappa shape index (κ1) is 14.4. The van der Waals surface area contributed by atoms with Crippen molar-refractivity contribution in [3.63, 3.8) is 0 Å². The van der Waals surface area contributed by atoms with Crippen LogP contribution in [-0.2, 0) is 4.79 Å². The van der Waals surface area contributed by atoms with Gasteiger partial charge in [-0.05, 0) is 38.3 Å². The Balaban J connectivity index is 1.54. The summed E-state index contributed by atoms with van der Waals surface area (Å²) in [5.74, 6) is 0.233. The highest BCUT2D eigenvalue weighted by Gasteiger charge is 2.32. The number of carbonyl (C=O) groups is 1. The molecule has 0 bridgehead atoms. The van der Waals surface area contributed by atoms with Gasteiger partial charge < -0.3 is 15.1 Å². The summed E-state index contributed by atoms with van der Waals surface area (Å²) in [6.07, 6.45) is 2.32. The molecule has 0 aromatic heterocycles. The lowest BCUT2D eigenvalue weighted by atomic mass is 10.1. The second kappa shape index (κ2) is 6.06. The Labute approximate surface area is 127 Å². The zero-order valence-electron chi connectivity index (χ0n) is 13.1. The zero-order chi connectivity index (χ0) is 14.8. The molecule has 0 unspecified atom stereocenters. The van der Waals surface area contributed by atoms with Crippen LogP contribution in [0.15, 0.2) is 24.3 Å². The van der Waals surface area contributed by atoms with E-state index < -0.39 is 0 Å². The molecule has 1 aliphatic carbocycles. The molecule has 0 spiro atoms. The van der Waals surface area contributed by atoms with Crippen LogP contribution < -0.4 is 15.1 Å². The Kier molecular flexibility index (Phi) is 4.15. The van der Waals surface area contributed by atoms with Crippen LogP contribution in [0.5, 0.6) is 0 Å². The van der Waals surface area contributed by atoms with Crippen molar-refractivity contribution in [2.24, 2.45) is 0 Å². The van der Waals surface area contributed by atoms with E-state index in [-0.39, 0.29) is 11.9 Å². The number of para-hydroxylation sites is 1. The van der Waals surface area contributed by atoms with Gasteiger partial charge in [-0.25, -0.2) is 0 Å². The third-order valence-electron chi connectivity index (χ3n) is 4.79. The summed E-state index contributed by atoms with van der Waals surface area (Å²) in [5, 5.41) is 3.13. The summed E-state index contributed by atoms with van der Waals surface area (Å²) in [6.45, 7) is 8.36. The van der Waals surface area contributed by atoms with Crippen molar-refractivity contribution in [2.75, 3.05) is 31.1 Å². The van der Waals surface area contributed by atoms with Crippen molar-refractivity contribution in [3.8, 4) is 0 Å². The van der Waals surface area contributed by atoms with Crippen molar-refractivity contribution in [1.29, 1.82) is 0 Å². The van der Waals surface area contributed by atoms with Gasteiger partial charge in [-0.1, -0.05) is 18.2 Å². The predicted molar refractivity (Wildman–Crippen MR) is 84.7 cm³/mol. The minimum atomic E-state index is 0.0737. The van der Waals surface area contributed by atoms with Gasteiger partial charge in [0.05, 0.1) is 26.2 Å². The van der Waals surface area contributed by atoms with Crippen LogP contribution in [0.2, 0.25) is 0 Å². The number of hydrogen-bond donors (Lipinski definition) is 2. The Morgan fingerprint density at radius 2 is 1.95 bits per heavy atom. The molecule has 1 saturated carbocycles. The molecule has 1 aromatic carbocycles. The van der Waals surface area contributed by atoms with Crippen LogP contribution in [-0.4, -0.2) is 44.2 Å². The molecular weight excluding hydrogens is 262 g/mol. The maximum atomic E-state index is 12.2.